The van der Waals surface area contributed by atoms with E-state index in [1.165, 1.54) is 0 Å². The molecule has 1 atom stereocenters. The van der Waals surface area contributed by atoms with Gasteiger partial charge >= 0.3 is 11.9 Å². The Hall–Kier alpha value is -1.52. The minimum absolute atomic E-state index is 0.174. The fourth-order valence-electron chi connectivity index (χ4n) is 3.06. The molecule has 0 saturated carbocycles. The first-order valence-corrected chi connectivity index (χ1v) is 7.51. The Morgan fingerprint density at radius 3 is 2.60 bits per heavy atom. The topological polar surface area (TPSA) is 55.8 Å². The first kappa shape index (κ1) is 14.9. The van der Waals surface area contributed by atoms with Crippen LogP contribution in [0.1, 0.15) is 46.0 Å². The number of hydrogen-bond donors (Lipinski definition) is 0. The molecule has 0 radical (unpaired) electrons. The number of carbonyl (C=O) groups excluding carboxylic acids is 2. The van der Waals surface area contributed by atoms with E-state index in [0.29, 0.717) is 13.2 Å². The molecule has 1 aliphatic heterocycles. The van der Waals surface area contributed by atoms with E-state index < -0.39 is 0 Å². The maximum absolute atomic E-state index is 12.0. The lowest BCUT2D eigenvalue weighted by molar-refractivity contribution is -0.148. The van der Waals surface area contributed by atoms with E-state index in [-0.39, 0.29) is 18.0 Å². The first-order chi connectivity index (χ1) is 9.69. The number of hydrogen-bond acceptors (Lipinski definition) is 5. The summed E-state index contributed by atoms with van der Waals surface area (Å²) in [6.45, 7) is 5.23. The Morgan fingerprint density at radius 2 is 1.90 bits per heavy atom. The first-order valence-electron chi connectivity index (χ1n) is 7.51. The van der Waals surface area contributed by atoms with Gasteiger partial charge in [-0.05, 0) is 46.0 Å². The largest absolute Gasteiger partial charge is 0.464 e. The predicted molar refractivity (Wildman–Crippen MR) is 73.9 cm³/mol. The quantitative estimate of drug-likeness (QED) is 0.722. The third-order valence-corrected chi connectivity index (χ3v) is 3.87. The van der Waals surface area contributed by atoms with Gasteiger partial charge in [0.15, 0.2) is 0 Å². The molecule has 5 heteroatoms. The van der Waals surface area contributed by atoms with E-state index >= 15 is 0 Å². The van der Waals surface area contributed by atoms with Gasteiger partial charge in [-0.25, -0.2) is 9.59 Å². The van der Waals surface area contributed by atoms with Crippen molar-refractivity contribution in [3.05, 3.63) is 11.3 Å². The molecule has 0 N–H and O–H groups in total. The van der Waals surface area contributed by atoms with Crippen molar-refractivity contribution in [3.8, 4) is 0 Å². The monoisotopic (exact) mass is 281 g/mol. The third-order valence-electron chi connectivity index (χ3n) is 3.87. The third kappa shape index (κ3) is 2.97. The molecule has 2 aliphatic rings. The minimum atomic E-state index is -0.229. The summed E-state index contributed by atoms with van der Waals surface area (Å²) in [5, 5.41) is 0. The Bertz CT molecular complexity index is 416. The Morgan fingerprint density at radius 1 is 1.15 bits per heavy atom. The van der Waals surface area contributed by atoms with Gasteiger partial charge in [0.25, 0.3) is 0 Å². The van der Waals surface area contributed by atoms with Gasteiger partial charge in [-0.2, -0.15) is 0 Å². The van der Waals surface area contributed by atoms with Crippen LogP contribution in [-0.4, -0.2) is 42.6 Å². The molecule has 1 heterocycles. The number of allylic oxidation sites excluding steroid dienone is 1. The van der Waals surface area contributed by atoms with E-state index in [0.717, 1.165) is 49.9 Å². The van der Waals surface area contributed by atoms with Crippen molar-refractivity contribution in [1.29, 1.82) is 0 Å². The fraction of sp³-hybridized carbons (Fsp3) is 0.733. The van der Waals surface area contributed by atoms with Crippen LogP contribution < -0.4 is 0 Å². The van der Waals surface area contributed by atoms with Crippen molar-refractivity contribution < 1.29 is 19.1 Å². The number of esters is 2. The van der Waals surface area contributed by atoms with Gasteiger partial charge in [-0.15, -0.1) is 0 Å². The van der Waals surface area contributed by atoms with Gasteiger partial charge in [0.05, 0.1) is 18.8 Å². The van der Waals surface area contributed by atoms with Crippen molar-refractivity contribution in [2.75, 3.05) is 19.8 Å². The number of likely N-dealkylation sites (tertiary alicyclic amines) is 1. The smallest absolute Gasteiger partial charge is 0.335 e. The molecule has 0 aromatic heterocycles. The van der Waals surface area contributed by atoms with Gasteiger partial charge in [0, 0.05) is 12.2 Å². The highest BCUT2D eigenvalue weighted by Crippen LogP contribution is 2.34. The second-order valence-electron chi connectivity index (χ2n) is 5.10. The number of carbonyl (C=O) groups is 2. The molecule has 1 fully saturated rings. The molecular weight excluding hydrogens is 258 g/mol. The van der Waals surface area contributed by atoms with Crippen LogP contribution in [0.2, 0.25) is 0 Å². The van der Waals surface area contributed by atoms with Crippen molar-refractivity contribution in [2.45, 2.75) is 52.0 Å². The van der Waals surface area contributed by atoms with Crippen molar-refractivity contribution >= 4 is 11.9 Å². The predicted octanol–water partition coefficient (Wildman–Crippen LogP) is 2.01. The summed E-state index contributed by atoms with van der Waals surface area (Å²) in [5.74, 6) is -0.401. The number of rotatable bonds is 5. The average molecular weight is 281 g/mol. The zero-order valence-electron chi connectivity index (χ0n) is 12.3. The van der Waals surface area contributed by atoms with Crippen LogP contribution in [-0.2, 0) is 19.1 Å². The molecule has 0 bridgehead atoms. The number of ether oxygens (including phenoxy) is 2. The Kier molecular flexibility index (Phi) is 5.04. The van der Waals surface area contributed by atoms with Gasteiger partial charge in [0.1, 0.15) is 6.04 Å². The number of nitrogens with zero attached hydrogens (tertiary/aromatic N) is 1. The maximum atomic E-state index is 12.0. The highest BCUT2D eigenvalue weighted by atomic mass is 16.5. The van der Waals surface area contributed by atoms with Gasteiger partial charge in [0.2, 0.25) is 0 Å². The van der Waals surface area contributed by atoms with E-state index in [4.69, 9.17) is 9.47 Å². The Balaban J connectivity index is 2.17. The van der Waals surface area contributed by atoms with Crippen molar-refractivity contribution in [3.63, 3.8) is 0 Å². The standard InChI is InChI=1S/C15H23NO4/c1-3-19-14(17)11-7-5-8-12(11)16-10-6-9-13(16)15(18)20-4-2/h13H,3-10H2,1-2H3/t13-/m0/s1. The molecule has 0 spiro atoms. The molecular formula is C15H23NO4. The van der Waals surface area contributed by atoms with Crippen LogP contribution in [0.5, 0.6) is 0 Å². The highest BCUT2D eigenvalue weighted by molar-refractivity contribution is 5.90. The molecule has 0 unspecified atom stereocenters. The normalized spacial score (nSPS) is 22.3. The van der Waals surface area contributed by atoms with E-state index in [1.807, 2.05) is 13.8 Å². The van der Waals surface area contributed by atoms with E-state index in [9.17, 15) is 9.59 Å². The molecule has 112 valence electrons. The van der Waals surface area contributed by atoms with Crippen LogP contribution in [0.4, 0.5) is 0 Å². The average Bonchev–Trinajstić information content (AvgIpc) is 3.07. The SMILES string of the molecule is CCOC(=O)C1=C(N2CCC[C@H]2C(=O)OCC)CCC1. The van der Waals surface area contributed by atoms with Gasteiger partial charge in [-0.3, -0.25) is 0 Å². The molecule has 0 aromatic rings. The van der Waals surface area contributed by atoms with Crippen LogP contribution >= 0.6 is 0 Å². The van der Waals surface area contributed by atoms with E-state index in [2.05, 4.69) is 4.90 Å². The molecule has 0 aromatic carbocycles. The summed E-state index contributed by atoms with van der Waals surface area (Å²) in [6.07, 6.45) is 4.32. The second-order valence-corrected chi connectivity index (χ2v) is 5.10. The van der Waals surface area contributed by atoms with Crippen LogP contribution in [0.15, 0.2) is 11.3 Å². The lowest BCUT2D eigenvalue weighted by atomic mass is 10.2. The maximum Gasteiger partial charge on any atom is 0.335 e. The lowest BCUT2D eigenvalue weighted by Gasteiger charge is -2.27. The zero-order chi connectivity index (χ0) is 14.5. The molecule has 20 heavy (non-hydrogen) atoms. The van der Waals surface area contributed by atoms with Gasteiger partial charge in [-0.1, -0.05) is 0 Å². The summed E-state index contributed by atoms with van der Waals surface area (Å²) >= 11 is 0. The highest BCUT2D eigenvalue weighted by Gasteiger charge is 2.36. The molecule has 0 amide bonds. The van der Waals surface area contributed by atoms with Crippen LogP contribution in [0.25, 0.3) is 0 Å². The van der Waals surface area contributed by atoms with Crippen molar-refractivity contribution in [2.24, 2.45) is 0 Å². The lowest BCUT2D eigenvalue weighted by Crippen LogP contribution is -2.37. The van der Waals surface area contributed by atoms with Gasteiger partial charge < -0.3 is 14.4 Å². The van der Waals surface area contributed by atoms with Crippen LogP contribution in [0, 0.1) is 0 Å². The fourth-order valence-corrected chi connectivity index (χ4v) is 3.06. The van der Waals surface area contributed by atoms with E-state index in [1.54, 1.807) is 0 Å². The second kappa shape index (κ2) is 6.77. The summed E-state index contributed by atoms with van der Waals surface area (Å²) in [7, 11) is 0. The summed E-state index contributed by atoms with van der Waals surface area (Å²) in [6, 6.07) is -0.229. The van der Waals surface area contributed by atoms with Crippen LogP contribution in [0.3, 0.4) is 0 Å². The molecule has 2 rings (SSSR count). The molecule has 1 aliphatic carbocycles. The Labute approximate surface area is 119 Å². The molecule has 5 nitrogen and oxygen atoms in total. The summed E-state index contributed by atoms with van der Waals surface area (Å²) < 4.78 is 10.3. The summed E-state index contributed by atoms with van der Waals surface area (Å²) in [4.78, 5) is 26.1. The minimum Gasteiger partial charge on any atom is -0.464 e. The molecule has 1 saturated heterocycles. The summed E-state index contributed by atoms with van der Waals surface area (Å²) in [5.41, 5.74) is 1.75. The zero-order valence-corrected chi connectivity index (χ0v) is 12.3. The van der Waals surface area contributed by atoms with Crippen molar-refractivity contribution in [1.82, 2.24) is 4.90 Å².